The van der Waals surface area contributed by atoms with E-state index in [0.717, 1.165) is 48.4 Å². The number of methoxy groups -OCH3 is 1. The van der Waals surface area contributed by atoms with Crippen LogP contribution in [0.2, 0.25) is 0 Å². The van der Waals surface area contributed by atoms with Gasteiger partial charge in [0.1, 0.15) is 5.75 Å². The number of hydrogen-bond acceptors (Lipinski definition) is 3. The van der Waals surface area contributed by atoms with Gasteiger partial charge in [0.2, 0.25) is 5.91 Å². The number of ether oxygens (including phenoxy) is 1. The summed E-state index contributed by atoms with van der Waals surface area (Å²) in [5.41, 5.74) is 2.74. The van der Waals surface area contributed by atoms with E-state index < -0.39 is 0 Å². The van der Waals surface area contributed by atoms with Gasteiger partial charge in [-0.25, -0.2) is 0 Å². The third-order valence-corrected chi connectivity index (χ3v) is 6.05. The molecule has 0 saturated carbocycles. The lowest BCUT2D eigenvalue weighted by atomic mass is 10.0. The average Bonchev–Trinajstić information content (AvgIpc) is 2.93. The third kappa shape index (κ3) is 4.14. The van der Waals surface area contributed by atoms with E-state index in [2.05, 4.69) is 0 Å². The topological polar surface area (TPSA) is 49.9 Å². The number of likely N-dealkylation sites (tertiary alicyclic amines) is 1. The van der Waals surface area contributed by atoms with E-state index in [1.165, 1.54) is 12.8 Å². The predicted octanol–water partition coefficient (Wildman–Crippen LogP) is 4.19. The van der Waals surface area contributed by atoms with E-state index in [0.29, 0.717) is 13.0 Å². The molecule has 5 heteroatoms. The molecule has 5 nitrogen and oxygen atoms in total. The number of amides is 2. The van der Waals surface area contributed by atoms with Crippen LogP contribution in [0.15, 0.2) is 48.5 Å². The zero-order chi connectivity index (χ0) is 20.2. The Balaban J connectivity index is 1.61. The van der Waals surface area contributed by atoms with Crippen molar-refractivity contribution in [2.24, 2.45) is 0 Å². The third-order valence-electron chi connectivity index (χ3n) is 6.05. The van der Waals surface area contributed by atoms with Crippen molar-refractivity contribution in [2.75, 3.05) is 20.2 Å². The first-order chi connectivity index (χ1) is 14.2. The summed E-state index contributed by atoms with van der Waals surface area (Å²) in [5, 5.41) is 0. The summed E-state index contributed by atoms with van der Waals surface area (Å²) in [6.45, 7) is 2.18. The lowest BCUT2D eigenvalue weighted by Crippen LogP contribution is -2.37. The number of nitrogens with zero attached hydrogens (tertiary/aromatic N) is 2. The SMILES string of the molecule is COc1ccc(C(CC(=O)N2CCCCCC2)N2Cc3ccccc3C2=O)cc1. The molecule has 0 aliphatic carbocycles. The first-order valence-corrected chi connectivity index (χ1v) is 10.5. The Morgan fingerprint density at radius 1 is 1.00 bits per heavy atom. The second-order valence-corrected chi connectivity index (χ2v) is 7.88. The van der Waals surface area contributed by atoms with Gasteiger partial charge in [-0.2, -0.15) is 0 Å². The Kier molecular flexibility index (Phi) is 5.84. The van der Waals surface area contributed by atoms with Crippen molar-refractivity contribution >= 4 is 11.8 Å². The highest BCUT2D eigenvalue weighted by molar-refractivity contribution is 5.98. The van der Waals surface area contributed by atoms with E-state index in [-0.39, 0.29) is 17.9 Å². The Morgan fingerprint density at radius 2 is 1.69 bits per heavy atom. The van der Waals surface area contributed by atoms with Gasteiger partial charge in [-0.1, -0.05) is 43.2 Å². The van der Waals surface area contributed by atoms with Gasteiger partial charge in [0.05, 0.1) is 19.6 Å². The molecule has 2 aliphatic rings. The van der Waals surface area contributed by atoms with Crippen molar-refractivity contribution in [2.45, 2.75) is 44.7 Å². The Labute approximate surface area is 172 Å². The standard InChI is InChI=1S/C24H28N2O3/c1-29-20-12-10-18(11-13-20)22(16-23(27)25-14-6-2-3-7-15-25)26-17-19-8-4-5-9-21(19)24(26)28/h4-5,8-13,22H,2-3,6-7,14-17H2,1H3. The second kappa shape index (κ2) is 8.68. The molecule has 1 atom stereocenters. The minimum absolute atomic E-state index is 0.00471. The maximum Gasteiger partial charge on any atom is 0.255 e. The molecule has 2 aromatic carbocycles. The molecule has 1 unspecified atom stereocenters. The van der Waals surface area contributed by atoms with Crippen molar-refractivity contribution in [1.82, 2.24) is 9.80 Å². The second-order valence-electron chi connectivity index (χ2n) is 7.88. The monoisotopic (exact) mass is 392 g/mol. The first kappa shape index (κ1) is 19.5. The van der Waals surface area contributed by atoms with Crippen molar-refractivity contribution in [1.29, 1.82) is 0 Å². The minimum Gasteiger partial charge on any atom is -0.497 e. The molecule has 0 bridgehead atoms. The van der Waals surface area contributed by atoms with Crippen molar-refractivity contribution in [3.8, 4) is 5.75 Å². The number of carbonyl (C=O) groups excluding carboxylic acids is 2. The quantitative estimate of drug-likeness (QED) is 0.767. The van der Waals surface area contributed by atoms with Crippen LogP contribution < -0.4 is 4.74 Å². The maximum atomic E-state index is 13.2. The zero-order valence-electron chi connectivity index (χ0n) is 17.0. The molecule has 2 heterocycles. The Bertz CT molecular complexity index is 870. The van der Waals surface area contributed by atoms with Crippen LogP contribution in [0.25, 0.3) is 0 Å². The van der Waals surface area contributed by atoms with Crippen LogP contribution in [-0.2, 0) is 11.3 Å². The van der Waals surface area contributed by atoms with Gasteiger partial charge in [-0.15, -0.1) is 0 Å². The minimum atomic E-state index is -0.281. The average molecular weight is 392 g/mol. The normalized spacial score (nSPS) is 17.6. The van der Waals surface area contributed by atoms with Crippen LogP contribution in [0.1, 0.15) is 59.6 Å². The highest BCUT2D eigenvalue weighted by atomic mass is 16.5. The van der Waals surface area contributed by atoms with Crippen LogP contribution in [0.5, 0.6) is 5.75 Å². The summed E-state index contributed by atoms with van der Waals surface area (Å²) in [6.07, 6.45) is 4.81. The van der Waals surface area contributed by atoms with E-state index >= 15 is 0 Å². The summed E-state index contributed by atoms with van der Waals surface area (Å²) >= 11 is 0. The highest BCUT2D eigenvalue weighted by Gasteiger charge is 2.35. The summed E-state index contributed by atoms with van der Waals surface area (Å²) in [4.78, 5) is 30.1. The summed E-state index contributed by atoms with van der Waals surface area (Å²) in [7, 11) is 1.63. The predicted molar refractivity (Wildman–Crippen MR) is 112 cm³/mol. The van der Waals surface area contributed by atoms with E-state index in [4.69, 9.17) is 4.74 Å². The van der Waals surface area contributed by atoms with Crippen molar-refractivity contribution < 1.29 is 14.3 Å². The van der Waals surface area contributed by atoms with Crippen molar-refractivity contribution in [3.05, 3.63) is 65.2 Å². The first-order valence-electron chi connectivity index (χ1n) is 10.5. The largest absolute Gasteiger partial charge is 0.497 e. The zero-order valence-corrected chi connectivity index (χ0v) is 17.0. The molecule has 1 saturated heterocycles. The van der Waals surface area contributed by atoms with Gasteiger partial charge in [-0.05, 0) is 42.2 Å². The number of rotatable bonds is 5. The number of benzene rings is 2. The van der Waals surface area contributed by atoms with Crippen LogP contribution in [-0.4, -0.2) is 41.8 Å². The maximum absolute atomic E-state index is 13.2. The summed E-state index contributed by atoms with van der Waals surface area (Å²) < 4.78 is 5.28. The molecule has 152 valence electrons. The molecule has 2 aliphatic heterocycles. The summed E-state index contributed by atoms with van der Waals surface area (Å²) in [6, 6.07) is 15.2. The molecular weight excluding hydrogens is 364 g/mol. The fourth-order valence-corrected chi connectivity index (χ4v) is 4.38. The molecule has 29 heavy (non-hydrogen) atoms. The molecule has 2 amide bonds. The molecule has 4 rings (SSSR count). The van der Waals surface area contributed by atoms with Crippen LogP contribution in [0.3, 0.4) is 0 Å². The van der Waals surface area contributed by atoms with Gasteiger partial charge in [-0.3, -0.25) is 9.59 Å². The van der Waals surface area contributed by atoms with E-state index in [9.17, 15) is 9.59 Å². The molecule has 0 radical (unpaired) electrons. The Morgan fingerprint density at radius 3 is 2.34 bits per heavy atom. The van der Waals surface area contributed by atoms with E-state index in [1.807, 2.05) is 58.3 Å². The molecule has 0 spiro atoms. The van der Waals surface area contributed by atoms with Gasteiger partial charge < -0.3 is 14.5 Å². The van der Waals surface area contributed by atoms with Gasteiger partial charge >= 0.3 is 0 Å². The number of carbonyl (C=O) groups is 2. The molecule has 2 aromatic rings. The molecular formula is C24H28N2O3. The van der Waals surface area contributed by atoms with Crippen LogP contribution >= 0.6 is 0 Å². The lowest BCUT2D eigenvalue weighted by Gasteiger charge is -2.30. The van der Waals surface area contributed by atoms with Gasteiger partial charge in [0.15, 0.2) is 0 Å². The van der Waals surface area contributed by atoms with Crippen molar-refractivity contribution in [3.63, 3.8) is 0 Å². The smallest absolute Gasteiger partial charge is 0.255 e. The fourth-order valence-electron chi connectivity index (χ4n) is 4.38. The van der Waals surface area contributed by atoms with Gasteiger partial charge in [0.25, 0.3) is 5.91 Å². The Hall–Kier alpha value is -2.82. The van der Waals surface area contributed by atoms with Gasteiger partial charge in [0, 0.05) is 25.2 Å². The molecule has 1 fully saturated rings. The molecule has 0 aromatic heterocycles. The summed E-state index contributed by atoms with van der Waals surface area (Å²) in [5.74, 6) is 0.906. The number of hydrogen-bond donors (Lipinski definition) is 0. The highest BCUT2D eigenvalue weighted by Crippen LogP contribution is 2.34. The van der Waals surface area contributed by atoms with E-state index in [1.54, 1.807) is 7.11 Å². The van der Waals surface area contributed by atoms with Crippen LogP contribution in [0, 0.1) is 0 Å². The number of fused-ring (bicyclic) bond motifs is 1. The van der Waals surface area contributed by atoms with Crippen LogP contribution in [0.4, 0.5) is 0 Å². The lowest BCUT2D eigenvalue weighted by molar-refractivity contribution is -0.132. The fraction of sp³-hybridized carbons (Fsp3) is 0.417. The molecule has 0 N–H and O–H groups in total.